The first kappa shape index (κ1) is 16.1. The van der Waals surface area contributed by atoms with Gasteiger partial charge in [-0.05, 0) is 39.0 Å². The van der Waals surface area contributed by atoms with Crippen LogP contribution in [0.15, 0.2) is 18.2 Å². The van der Waals surface area contributed by atoms with Crippen LogP contribution in [0.3, 0.4) is 0 Å². The molecule has 1 aliphatic heterocycles. The van der Waals surface area contributed by atoms with Gasteiger partial charge in [0.15, 0.2) is 0 Å². The van der Waals surface area contributed by atoms with Crippen molar-refractivity contribution in [2.75, 3.05) is 30.8 Å². The molecule has 0 bridgehead atoms. The minimum absolute atomic E-state index is 0.0632. The molecule has 1 aromatic carbocycles. The van der Waals surface area contributed by atoms with E-state index in [4.69, 9.17) is 22.1 Å². The number of nitrogens with one attached hydrogen (secondary N) is 1. The highest BCUT2D eigenvalue weighted by atomic mass is 35.5. The SMILES string of the molecule is CC(C(=O)Nc1ccc(Cl)c(N)c1)N1CCOCC1(C)C. The van der Waals surface area contributed by atoms with E-state index in [1.165, 1.54) is 0 Å². The number of nitrogens with two attached hydrogens (primary N) is 1. The molecule has 1 unspecified atom stereocenters. The van der Waals surface area contributed by atoms with Gasteiger partial charge in [0.1, 0.15) is 0 Å². The fourth-order valence-corrected chi connectivity index (χ4v) is 2.72. The van der Waals surface area contributed by atoms with Crippen LogP contribution in [-0.2, 0) is 9.53 Å². The number of morpholine rings is 1. The highest BCUT2D eigenvalue weighted by molar-refractivity contribution is 6.33. The second-order valence-corrected chi connectivity index (χ2v) is 6.37. The normalized spacial score (nSPS) is 20.0. The lowest BCUT2D eigenvalue weighted by molar-refractivity contribution is -0.129. The molecule has 1 fully saturated rings. The number of nitrogens with zero attached hydrogens (tertiary/aromatic N) is 1. The van der Waals surface area contributed by atoms with Crippen LogP contribution >= 0.6 is 11.6 Å². The lowest BCUT2D eigenvalue weighted by Crippen LogP contribution is -2.59. The van der Waals surface area contributed by atoms with E-state index < -0.39 is 0 Å². The summed E-state index contributed by atoms with van der Waals surface area (Å²) in [5.41, 5.74) is 6.69. The maximum atomic E-state index is 12.4. The third-order valence-corrected chi connectivity index (χ3v) is 4.16. The number of carbonyl (C=O) groups is 1. The summed E-state index contributed by atoms with van der Waals surface area (Å²) < 4.78 is 5.49. The van der Waals surface area contributed by atoms with Gasteiger partial charge in [-0.15, -0.1) is 0 Å². The van der Waals surface area contributed by atoms with Crippen LogP contribution in [0.4, 0.5) is 11.4 Å². The Bertz CT molecular complexity index is 534. The second kappa shape index (κ2) is 6.22. The number of nitrogen functional groups attached to an aromatic ring is 1. The summed E-state index contributed by atoms with van der Waals surface area (Å²) >= 11 is 5.88. The van der Waals surface area contributed by atoms with Crippen molar-refractivity contribution in [3.63, 3.8) is 0 Å². The van der Waals surface area contributed by atoms with Gasteiger partial charge in [-0.2, -0.15) is 0 Å². The third kappa shape index (κ3) is 3.67. The predicted octanol–water partition coefficient (Wildman–Crippen LogP) is 2.36. The van der Waals surface area contributed by atoms with Crippen molar-refractivity contribution < 1.29 is 9.53 Å². The van der Waals surface area contributed by atoms with Crippen molar-refractivity contribution >= 4 is 28.9 Å². The minimum atomic E-state index is -0.249. The van der Waals surface area contributed by atoms with Gasteiger partial charge in [0.25, 0.3) is 0 Å². The molecule has 0 aromatic heterocycles. The van der Waals surface area contributed by atoms with Crippen LogP contribution < -0.4 is 11.1 Å². The monoisotopic (exact) mass is 311 g/mol. The van der Waals surface area contributed by atoms with Crippen LogP contribution in [0, 0.1) is 0 Å². The topological polar surface area (TPSA) is 67.6 Å². The zero-order valence-corrected chi connectivity index (χ0v) is 13.4. The maximum Gasteiger partial charge on any atom is 0.241 e. The number of hydrogen-bond donors (Lipinski definition) is 2. The zero-order chi connectivity index (χ0) is 15.6. The summed E-state index contributed by atoms with van der Waals surface area (Å²) in [6.45, 7) is 8.08. The Morgan fingerprint density at radius 2 is 2.24 bits per heavy atom. The van der Waals surface area contributed by atoms with Crippen LogP contribution in [0.5, 0.6) is 0 Å². The highest BCUT2D eigenvalue weighted by Gasteiger charge is 2.36. The van der Waals surface area contributed by atoms with E-state index in [0.29, 0.717) is 29.6 Å². The number of halogens is 1. The van der Waals surface area contributed by atoms with Gasteiger partial charge < -0.3 is 15.8 Å². The molecule has 1 aliphatic rings. The zero-order valence-electron chi connectivity index (χ0n) is 12.6. The molecule has 0 spiro atoms. The lowest BCUT2D eigenvalue weighted by Gasteiger charge is -2.44. The van der Waals surface area contributed by atoms with Crippen molar-refractivity contribution in [3.8, 4) is 0 Å². The van der Waals surface area contributed by atoms with Crippen molar-refractivity contribution in [2.24, 2.45) is 0 Å². The Hall–Kier alpha value is -1.30. The molecule has 5 nitrogen and oxygen atoms in total. The van der Waals surface area contributed by atoms with E-state index in [1.54, 1.807) is 18.2 Å². The molecule has 0 saturated carbocycles. The molecule has 1 heterocycles. The van der Waals surface area contributed by atoms with Gasteiger partial charge in [0.05, 0.1) is 30.0 Å². The van der Waals surface area contributed by atoms with E-state index in [-0.39, 0.29) is 17.5 Å². The van der Waals surface area contributed by atoms with E-state index in [2.05, 4.69) is 24.1 Å². The number of benzene rings is 1. The number of anilines is 2. The van der Waals surface area contributed by atoms with Crippen molar-refractivity contribution in [1.82, 2.24) is 4.90 Å². The van der Waals surface area contributed by atoms with Gasteiger partial charge in [-0.25, -0.2) is 0 Å². The first-order valence-corrected chi connectivity index (χ1v) is 7.39. The predicted molar refractivity (Wildman–Crippen MR) is 85.6 cm³/mol. The number of rotatable bonds is 3. The molecule has 1 saturated heterocycles. The third-order valence-electron chi connectivity index (χ3n) is 3.82. The van der Waals surface area contributed by atoms with Crippen LogP contribution in [-0.4, -0.2) is 42.1 Å². The van der Waals surface area contributed by atoms with Crippen LogP contribution in [0.1, 0.15) is 20.8 Å². The standard InChI is InChI=1S/C15H22ClN3O2/c1-10(19-6-7-21-9-15(19,2)3)14(20)18-11-4-5-12(16)13(17)8-11/h4-5,8,10H,6-7,9,17H2,1-3H3,(H,18,20). The molecule has 3 N–H and O–H groups in total. The van der Waals surface area contributed by atoms with E-state index in [1.807, 2.05) is 6.92 Å². The molecule has 6 heteroatoms. The molecule has 116 valence electrons. The number of hydrogen-bond acceptors (Lipinski definition) is 4. The quantitative estimate of drug-likeness (QED) is 0.841. The average Bonchev–Trinajstić information content (AvgIpc) is 2.41. The molecular formula is C15H22ClN3O2. The van der Waals surface area contributed by atoms with Crippen LogP contribution in [0.2, 0.25) is 5.02 Å². The number of ether oxygens (including phenoxy) is 1. The van der Waals surface area contributed by atoms with E-state index in [9.17, 15) is 4.79 Å². The second-order valence-electron chi connectivity index (χ2n) is 5.96. The maximum absolute atomic E-state index is 12.4. The lowest BCUT2D eigenvalue weighted by atomic mass is 9.99. The Labute approximate surface area is 130 Å². The Morgan fingerprint density at radius 3 is 2.86 bits per heavy atom. The first-order valence-electron chi connectivity index (χ1n) is 7.01. The van der Waals surface area contributed by atoms with E-state index >= 15 is 0 Å². The van der Waals surface area contributed by atoms with Gasteiger partial charge in [0.2, 0.25) is 5.91 Å². The summed E-state index contributed by atoms with van der Waals surface area (Å²) in [5, 5.41) is 3.37. The fourth-order valence-electron chi connectivity index (χ4n) is 2.60. The molecular weight excluding hydrogens is 290 g/mol. The van der Waals surface area contributed by atoms with Gasteiger partial charge in [0, 0.05) is 17.8 Å². The molecule has 1 amide bonds. The van der Waals surface area contributed by atoms with Gasteiger partial charge in [-0.1, -0.05) is 11.6 Å². The Kier molecular flexibility index (Phi) is 4.76. The van der Waals surface area contributed by atoms with Crippen molar-refractivity contribution in [1.29, 1.82) is 0 Å². The average molecular weight is 312 g/mol. The van der Waals surface area contributed by atoms with Crippen LogP contribution in [0.25, 0.3) is 0 Å². The summed E-state index contributed by atoms with van der Waals surface area (Å²) in [5.74, 6) is -0.0632. The summed E-state index contributed by atoms with van der Waals surface area (Å²) in [6.07, 6.45) is 0. The minimum Gasteiger partial charge on any atom is -0.397 e. The van der Waals surface area contributed by atoms with Gasteiger partial charge in [-0.3, -0.25) is 9.69 Å². The highest BCUT2D eigenvalue weighted by Crippen LogP contribution is 2.24. The number of amides is 1. The Morgan fingerprint density at radius 1 is 1.52 bits per heavy atom. The van der Waals surface area contributed by atoms with E-state index in [0.717, 1.165) is 6.54 Å². The molecule has 0 radical (unpaired) electrons. The van der Waals surface area contributed by atoms with Gasteiger partial charge >= 0.3 is 0 Å². The summed E-state index contributed by atoms with van der Waals surface area (Å²) in [6, 6.07) is 4.84. The molecule has 21 heavy (non-hydrogen) atoms. The first-order chi connectivity index (χ1) is 9.81. The smallest absolute Gasteiger partial charge is 0.241 e. The van der Waals surface area contributed by atoms with Crippen molar-refractivity contribution in [2.45, 2.75) is 32.4 Å². The Balaban J connectivity index is 2.06. The van der Waals surface area contributed by atoms with Crippen molar-refractivity contribution in [3.05, 3.63) is 23.2 Å². The molecule has 1 aromatic rings. The molecule has 0 aliphatic carbocycles. The largest absolute Gasteiger partial charge is 0.397 e. The summed E-state index contributed by atoms with van der Waals surface area (Å²) in [7, 11) is 0. The molecule has 2 rings (SSSR count). The molecule has 1 atom stereocenters. The summed E-state index contributed by atoms with van der Waals surface area (Å²) in [4.78, 5) is 14.6. The fraction of sp³-hybridized carbons (Fsp3) is 0.533. The number of carbonyl (C=O) groups excluding carboxylic acids is 1.